The average Bonchev–Trinajstić information content (AvgIpc) is 2.82. The highest BCUT2D eigenvalue weighted by molar-refractivity contribution is 7.11. The lowest BCUT2D eigenvalue weighted by Crippen LogP contribution is -2.06. The molecule has 1 aromatic carbocycles. The Labute approximate surface area is 118 Å². The smallest absolute Gasteiger partial charge is 0.140 e. The maximum absolute atomic E-state index is 6.00. The van der Waals surface area contributed by atoms with Crippen LogP contribution in [-0.2, 0) is 6.61 Å². The van der Waals surface area contributed by atoms with Crippen LogP contribution < -0.4 is 10.5 Å². The maximum atomic E-state index is 6.00. The SMILES string of the molecule is CC(C)c1nc(COc2ccccc2)sc1C(C)N. The first-order valence-electron chi connectivity index (χ1n) is 6.51. The van der Waals surface area contributed by atoms with E-state index < -0.39 is 0 Å². The standard InChI is InChI=1S/C15H20N2OS/c1-10(2)14-15(11(3)16)19-13(17-14)9-18-12-7-5-4-6-8-12/h4-8,10-11H,9,16H2,1-3H3. The molecule has 1 heterocycles. The molecule has 2 N–H and O–H groups in total. The van der Waals surface area contributed by atoms with Gasteiger partial charge in [0.05, 0.1) is 5.69 Å². The third-order valence-corrected chi connectivity index (χ3v) is 4.04. The van der Waals surface area contributed by atoms with Gasteiger partial charge in [-0.05, 0) is 25.0 Å². The Balaban J connectivity index is 2.11. The van der Waals surface area contributed by atoms with Crippen molar-refractivity contribution in [3.8, 4) is 5.75 Å². The molecule has 0 aliphatic heterocycles. The second-order valence-corrected chi connectivity index (χ2v) is 6.02. The zero-order chi connectivity index (χ0) is 13.8. The average molecular weight is 276 g/mol. The molecule has 0 aliphatic rings. The van der Waals surface area contributed by atoms with Crippen molar-refractivity contribution in [2.45, 2.75) is 39.3 Å². The van der Waals surface area contributed by atoms with Gasteiger partial charge in [-0.25, -0.2) is 4.98 Å². The Bertz CT molecular complexity index is 495. The van der Waals surface area contributed by atoms with Crippen LogP contribution in [0.2, 0.25) is 0 Å². The molecule has 1 atom stereocenters. The number of hydrogen-bond donors (Lipinski definition) is 1. The van der Waals surface area contributed by atoms with Gasteiger partial charge >= 0.3 is 0 Å². The molecule has 0 bridgehead atoms. The topological polar surface area (TPSA) is 48.1 Å². The summed E-state index contributed by atoms with van der Waals surface area (Å²) < 4.78 is 5.73. The first kappa shape index (κ1) is 14.0. The van der Waals surface area contributed by atoms with Crippen molar-refractivity contribution in [2.75, 3.05) is 0 Å². The molecule has 0 radical (unpaired) electrons. The van der Waals surface area contributed by atoms with E-state index in [2.05, 4.69) is 18.8 Å². The molecule has 0 spiro atoms. The highest BCUT2D eigenvalue weighted by Gasteiger charge is 2.17. The lowest BCUT2D eigenvalue weighted by atomic mass is 10.1. The molecule has 0 fully saturated rings. The number of nitrogens with zero attached hydrogens (tertiary/aromatic N) is 1. The molecule has 4 heteroatoms. The Morgan fingerprint density at radius 1 is 1.21 bits per heavy atom. The minimum Gasteiger partial charge on any atom is -0.486 e. The van der Waals surface area contributed by atoms with Gasteiger partial charge in [-0.3, -0.25) is 0 Å². The summed E-state index contributed by atoms with van der Waals surface area (Å²) in [6.45, 7) is 6.79. The van der Waals surface area contributed by atoms with Gasteiger partial charge in [-0.15, -0.1) is 11.3 Å². The van der Waals surface area contributed by atoms with Crippen LogP contribution >= 0.6 is 11.3 Å². The van der Waals surface area contributed by atoms with E-state index in [1.807, 2.05) is 37.3 Å². The van der Waals surface area contributed by atoms with Crippen LogP contribution in [0.5, 0.6) is 5.75 Å². The van der Waals surface area contributed by atoms with Crippen LogP contribution in [0.1, 0.15) is 48.3 Å². The van der Waals surface area contributed by atoms with E-state index in [0.717, 1.165) is 16.5 Å². The van der Waals surface area contributed by atoms with Gasteiger partial charge in [0, 0.05) is 10.9 Å². The Kier molecular flexibility index (Phi) is 4.56. The lowest BCUT2D eigenvalue weighted by Gasteiger charge is -2.07. The minimum atomic E-state index is 0.0281. The van der Waals surface area contributed by atoms with Crippen LogP contribution in [0.15, 0.2) is 30.3 Å². The highest BCUT2D eigenvalue weighted by atomic mass is 32.1. The van der Waals surface area contributed by atoms with E-state index in [-0.39, 0.29) is 6.04 Å². The molecule has 3 nitrogen and oxygen atoms in total. The molecule has 19 heavy (non-hydrogen) atoms. The third kappa shape index (κ3) is 3.55. The summed E-state index contributed by atoms with van der Waals surface area (Å²) in [5.41, 5.74) is 7.11. The predicted octanol–water partition coefficient (Wildman–Crippen LogP) is 3.87. The molecular weight excluding hydrogens is 256 g/mol. The fraction of sp³-hybridized carbons (Fsp3) is 0.400. The molecule has 0 amide bonds. The molecule has 0 aliphatic carbocycles. The summed E-state index contributed by atoms with van der Waals surface area (Å²) in [5.74, 6) is 1.26. The third-order valence-electron chi connectivity index (χ3n) is 2.79. The molecule has 2 aromatic rings. The van der Waals surface area contributed by atoms with Crippen molar-refractivity contribution in [3.63, 3.8) is 0 Å². The van der Waals surface area contributed by atoms with Crippen molar-refractivity contribution in [1.29, 1.82) is 0 Å². The van der Waals surface area contributed by atoms with Crippen LogP contribution in [0.4, 0.5) is 0 Å². The Hall–Kier alpha value is -1.39. The van der Waals surface area contributed by atoms with E-state index in [0.29, 0.717) is 12.5 Å². The summed E-state index contributed by atoms with van der Waals surface area (Å²) in [4.78, 5) is 5.83. The summed E-state index contributed by atoms with van der Waals surface area (Å²) in [6, 6.07) is 9.82. The predicted molar refractivity (Wildman–Crippen MR) is 79.6 cm³/mol. The lowest BCUT2D eigenvalue weighted by molar-refractivity contribution is 0.305. The number of benzene rings is 1. The highest BCUT2D eigenvalue weighted by Crippen LogP contribution is 2.29. The number of rotatable bonds is 5. The normalized spacial score (nSPS) is 12.7. The summed E-state index contributed by atoms with van der Waals surface area (Å²) in [5, 5.41) is 0.986. The van der Waals surface area contributed by atoms with E-state index in [9.17, 15) is 0 Å². The molecule has 0 saturated heterocycles. The maximum Gasteiger partial charge on any atom is 0.140 e. The molecular formula is C15H20N2OS. The number of nitrogens with two attached hydrogens (primary N) is 1. The number of thiazole rings is 1. The van der Waals surface area contributed by atoms with Crippen LogP contribution in [-0.4, -0.2) is 4.98 Å². The fourth-order valence-corrected chi connectivity index (χ4v) is 2.94. The largest absolute Gasteiger partial charge is 0.486 e. The van der Waals surface area contributed by atoms with E-state index in [4.69, 9.17) is 10.5 Å². The van der Waals surface area contributed by atoms with Crippen molar-refractivity contribution < 1.29 is 4.74 Å². The number of para-hydroxylation sites is 1. The van der Waals surface area contributed by atoms with Crippen LogP contribution in [0, 0.1) is 0 Å². The van der Waals surface area contributed by atoms with Gasteiger partial charge < -0.3 is 10.5 Å². The fourth-order valence-electron chi connectivity index (χ4n) is 1.85. The van der Waals surface area contributed by atoms with E-state index >= 15 is 0 Å². The van der Waals surface area contributed by atoms with Crippen molar-refractivity contribution in [2.24, 2.45) is 5.73 Å². The van der Waals surface area contributed by atoms with Gasteiger partial charge in [0.15, 0.2) is 0 Å². The molecule has 1 aromatic heterocycles. The first-order chi connectivity index (χ1) is 9.08. The van der Waals surface area contributed by atoms with Crippen molar-refractivity contribution >= 4 is 11.3 Å². The zero-order valence-corrected chi connectivity index (χ0v) is 12.4. The van der Waals surface area contributed by atoms with Gasteiger partial charge in [-0.2, -0.15) is 0 Å². The van der Waals surface area contributed by atoms with Crippen molar-refractivity contribution in [3.05, 3.63) is 45.9 Å². The molecule has 102 valence electrons. The van der Waals surface area contributed by atoms with Gasteiger partial charge in [0.25, 0.3) is 0 Å². The second kappa shape index (κ2) is 6.17. The molecule has 0 saturated carbocycles. The summed E-state index contributed by atoms with van der Waals surface area (Å²) >= 11 is 1.65. The van der Waals surface area contributed by atoms with E-state index in [1.165, 1.54) is 4.88 Å². The summed E-state index contributed by atoms with van der Waals surface area (Å²) in [6.07, 6.45) is 0. The first-order valence-corrected chi connectivity index (χ1v) is 7.32. The number of aromatic nitrogens is 1. The number of hydrogen-bond acceptors (Lipinski definition) is 4. The Morgan fingerprint density at radius 3 is 2.42 bits per heavy atom. The van der Waals surface area contributed by atoms with Gasteiger partial charge in [-0.1, -0.05) is 32.0 Å². The molecule has 2 rings (SSSR count). The van der Waals surface area contributed by atoms with E-state index in [1.54, 1.807) is 11.3 Å². The molecule has 1 unspecified atom stereocenters. The summed E-state index contributed by atoms with van der Waals surface area (Å²) in [7, 11) is 0. The van der Waals surface area contributed by atoms with Crippen LogP contribution in [0.3, 0.4) is 0 Å². The monoisotopic (exact) mass is 276 g/mol. The van der Waals surface area contributed by atoms with Crippen LogP contribution in [0.25, 0.3) is 0 Å². The van der Waals surface area contributed by atoms with Gasteiger partial charge in [0.2, 0.25) is 0 Å². The zero-order valence-electron chi connectivity index (χ0n) is 11.6. The van der Waals surface area contributed by atoms with Gasteiger partial charge in [0.1, 0.15) is 17.4 Å². The Morgan fingerprint density at radius 2 is 1.89 bits per heavy atom. The minimum absolute atomic E-state index is 0.0281. The quantitative estimate of drug-likeness (QED) is 0.902. The number of ether oxygens (including phenoxy) is 1. The van der Waals surface area contributed by atoms with Crippen molar-refractivity contribution in [1.82, 2.24) is 4.98 Å². The second-order valence-electron chi connectivity index (χ2n) is 4.90.